The summed E-state index contributed by atoms with van der Waals surface area (Å²) < 4.78 is 11.9. The van der Waals surface area contributed by atoms with Gasteiger partial charge in [-0.05, 0) is 86.6 Å². The second-order valence-corrected chi connectivity index (χ2v) is 10.3. The molecule has 0 saturated carbocycles. The Kier molecular flexibility index (Phi) is 8.21. The lowest BCUT2D eigenvalue weighted by atomic mass is 9.94. The van der Waals surface area contributed by atoms with Crippen LogP contribution in [-0.4, -0.2) is 58.9 Å². The Labute approximate surface area is 235 Å². The normalized spacial score (nSPS) is 19.6. The molecule has 0 radical (unpaired) electrons. The average molecular weight is 541 g/mol. The first kappa shape index (κ1) is 27.5. The number of hydrogen-bond acceptors (Lipinski definition) is 6. The van der Waals surface area contributed by atoms with Crippen molar-refractivity contribution < 1.29 is 24.2 Å². The zero-order chi connectivity index (χ0) is 28.2. The van der Waals surface area contributed by atoms with E-state index in [9.17, 15) is 14.7 Å². The first-order chi connectivity index (χ1) is 19.4. The molecule has 1 saturated heterocycles. The lowest BCUT2D eigenvalue weighted by molar-refractivity contribution is -0.140. The summed E-state index contributed by atoms with van der Waals surface area (Å²) in [5, 5.41) is 11.5. The van der Waals surface area contributed by atoms with E-state index in [0.29, 0.717) is 35.6 Å². The fraction of sp³-hybridized carbons (Fsp3) is 0.333. The number of ether oxygens (including phenoxy) is 2. The van der Waals surface area contributed by atoms with Crippen molar-refractivity contribution in [2.24, 2.45) is 0 Å². The Morgan fingerprint density at radius 2 is 1.75 bits per heavy atom. The van der Waals surface area contributed by atoms with E-state index in [4.69, 9.17) is 9.47 Å². The summed E-state index contributed by atoms with van der Waals surface area (Å²) in [6.07, 6.45) is 1.48. The summed E-state index contributed by atoms with van der Waals surface area (Å²) in [4.78, 5) is 30.8. The topological polar surface area (TPSA) is 79.3 Å². The Balaban J connectivity index is 1.54. The Morgan fingerprint density at radius 3 is 2.50 bits per heavy atom. The van der Waals surface area contributed by atoms with E-state index in [1.165, 1.54) is 0 Å². The van der Waals surface area contributed by atoms with Gasteiger partial charge in [0.25, 0.3) is 11.7 Å². The fourth-order valence-electron chi connectivity index (χ4n) is 5.56. The van der Waals surface area contributed by atoms with Gasteiger partial charge in [-0.1, -0.05) is 44.2 Å². The van der Waals surface area contributed by atoms with Crippen LogP contribution in [0.1, 0.15) is 49.9 Å². The molecule has 3 aromatic carbocycles. The van der Waals surface area contributed by atoms with Gasteiger partial charge in [-0.25, -0.2) is 0 Å². The molecule has 7 nitrogen and oxygen atoms in total. The molecule has 40 heavy (non-hydrogen) atoms. The van der Waals surface area contributed by atoms with Crippen molar-refractivity contribution in [1.29, 1.82) is 0 Å². The number of nitrogens with zero attached hydrogens (tertiary/aromatic N) is 2. The molecule has 2 atom stereocenters. The Morgan fingerprint density at radius 1 is 1.00 bits per heavy atom. The minimum Gasteiger partial charge on any atom is -0.507 e. The second kappa shape index (κ2) is 12.0. The molecule has 0 unspecified atom stereocenters. The van der Waals surface area contributed by atoms with Gasteiger partial charge in [0.15, 0.2) is 0 Å². The molecule has 0 aliphatic carbocycles. The number of ketones is 1. The number of para-hydroxylation sites is 1. The number of benzene rings is 3. The lowest BCUT2D eigenvalue weighted by Gasteiger charge is -2.27. The number of carbonyl (C=O) groups is 2. The monoisotopic (exact) mass is 540 g/mol. The summed E-state index contributed by atoms with van der Waals surface area (Å²) in [5.74, 6) is 0.599. The minimum absolute atomic E-state index is 0.0520. The summed E-state index contributed by atoms with van der Waals surface area (Å²) in [6, 6.07) is 21.5. The average Bonchev–Trinajstić information content (AvgIpc) is 3.46. The van der Waals surface area contributed by atoms with Crippen molar-refractivity contribution in [3.05, 3.63) is 95.1 Å². The third-order valence-electron chi connectivity index (χ3n) is 7.63. The van der Waals surface area contributed by atoms with Crippen LogP contribution in [0.2, 0.25) is 0 Å². The van der Waals surface area contributed by atoms with Crippen LogP contribution in [0.25, 0.3) is 5.76 Å². The molecule has 0 spiro atoms. The molecule has 7 heteroatoms. The van der Waals surface area contributed by atoms with E-state index >= 15 is 0 Å². The van der Waals surface area contributed by atoms with E-state index < -0.39 is 17.7 Å². The summed E-state index contributed by atoms with van der Waals surface area (Å²) in [7, 11) is 0. The zero-order valence-electron chi connectivity index (χ0n) is 23.3. The number of rotatable bonds is 10. The second-order valence-electron chi connectivity index (χ2n) is 10.3. The van der Waals surface area contributed by atoms with Crippen molar-refractivity contribution in [3.63, 3.8) is 0 Å². The number of carbonyl (C=O) groups excluding carboxylic acids is 2. The number of amides is 1. The molecule has 0 aromatic heterocycles. The standard InChI is InChI=1S/C33H36N2O5/c1-4-34(5-2)17-10-18-35-30(23-11-9-14-27(21-23)40-26-12-7-6-8-13-26)29(32(37)33(35)38)31(36)24-15-16-28-25(20-24)19-22(3)39-28/h6-9,11-16,20-22,30,36H,4-5,10,17-19H2,1-3H3/b31-29+/t22-,30+/m0/s1. The van der Waals surface area contributed by atoms with Crippen molar-refractivity contribution >= 4 is 17.4 Å². The number of fused-ring (bicyclic) bond motifs is 1. The van der Waals surface area contributed by atoms with E-state index in [1.807, 2.05) is 73.7 Å². The summed E-state index contributed by atoms with van der Waals surface area (Å²) in [5.41, 5.74) is 2.27. The van der Waals surface area contributed by atoms with Crippen molar-refractivity contribution in [2.45, 2.75) is 45.8 Å². The van der Waals surface area contributed by atoms with E-state index in [0.717, 1.165) is 37.4 Å². The molecule has 1 fully saturated rings. The predicted molar refractivity (Wildman–Crippen MR) is 155 cm³/mol. The zero-order valence-corrected chi connectivity index (χ0v) is 23.3. The third kappa shape index (κ3) is 5.61. The maximum atomic E-state index is 13.5. The summed E-state index contributed by atoms with van der Waals surface area (Å²) >= 11 is 0. The smallest absolute Gasteiger partial charge is 0.295 e. The molecule has 3 aromatic rings. The Bertz CT molecular complexity index is 1410. The molecular weight excluding hydrogens is 504 g/mol. The molecular formula is C33H36N2O5. The molecule has 0 bridgehead atoms. The van der Waals surface area contributed by atoms with E-state index in [-0.39, 0.29) is 17.4 Å². The Hall–Kier alpha value is -4.10. The van der Waals surface area contributed by atoms with E-state index in [2.05, 4.69) is 18.7 Å². The predicted octanol–water partition coefficient (Wildman–Crippen LogP) is 5.96. The van der Waals surface area contributed by atoms with Gasteiger partial charge in [0.1, 0.15) is 29.1 Å². The first-order valence-corrected chi connectivity index (χ1v) is 14.0. The van der Waals surface area contributed by atoms with Gasteiger partial charge in [0, 0.05) is 18.5 Å². The van der Waals surface area contributed by atoms with Gasteiger partial charge in [0.05, 0.1) is 11.6 Å². The van der Waals surface area contributed by atoms with Crippen LogP contribution in [0.15, 0.2) is 78.4 Å². The molecule has 2 heterocycles. The number of aliphatic hydroxyl groups is 1. The van der Waals surface area contributed by atoms with Gasteiger partial charge < -0.3 is 24.4 Å². The third-order valence-corrected chi connectivity index (χ3v) is 7.63. The largest absolute Gasteiger partial charge is 0.507 e. The van der Waals surface area contributed by atoms with Crippen LogP contribution in [0.3, 0.4) is 0 Å². The molecule has 208 valence electrons. The number of aliphatic hydroxyl groups excluding tert-OH is 1. The van der Waals surface area contributed by atoms with Crippen molar-refractivity contribution in [2.75, 3.05) is 26.2 Å². The van der Waals surface area contributed by atoms with Gasteiger partial charge in [-0.15, -0.1) is 0 Å². The molecule has 1 N–H and O–H groups in total. The quantitative estimate of drug-likeness (QED) is 0.194. The van der Waals surface area contributed by atoms with Crippen LogP contribution in [0.5, 0.6) is 17.2 Å². The molecule has 2 aliphatic heterocycles. The van der Waals surface area contributed by atoms with Gasteiger partial charge in [0.2, 0.25) is 0 Å². The van der Waals surface area contributed by atoms with Crippen molar-refractivity contribution in [1.82, 2.24) is 9.80 Å². The fourth-order valence-corrected chi connectivity index (χ4v) is 5.56. The highest BCUT2D eigenvalue weighted by Crippen LogP contribution is 2.41. The minimum atomic E-state index is -0.737. The van der Waals surface area contributed by atoms with Gasteiger partial charge >= 0.3 is 0 Å². The molecule has 5 rings (SSSR count). The first-order valence-electron chi connectivity index (χ1n) is 14.0. The van der Waals surface area contributed by atoms with Crippen LogP contribution in [0.4, 0.5) is 0 Å². The van der Waals surface area contributed by atoms with Crippen LogP contribution in [0, 0.1) is 0 Å². The van der Waals surface area contributed by atoms with Crippen LogP contribution >= 0.6 is 0 Å². The molecule has 1 amide bonds. The number of likely N-dealkylation sites (tertiary alicyclic amines) is 1. The van der Waals surface area contributed by atoms with Gasteiger partial charge in [-0.3, -0.25) is 9.59 Å². The number of Topliss-reactive ketones (excluding diaryl/α,β-unsaturated/α-hetero) is 1. The SMILES string of the molecule is CCN(CC)CCCN1C(=O)C(=O)/C(=C(/O)c2ccc3c(c2)C[C@H](C)O3)[C@H]1c1cccc(Oc2ccccc2)c1. The maximum Gasteiger partial charge on any atom is 0.295 e. The highest BCUT2D eigenvalue weighted by atomic mass is 16.5. The highest BCUT2D eigenvalue weighted by Gasteiger charge is 2.46. The highest BCUT2D eigenvalue weighted by molar-refractivity contribution is 6.46. The van der Waals surface area contributed by atoms with Crippen LogP contribution in [-0.2, 0) is 16.0 Å². The summed E-state index contributed by atoms with van der Waals surface area (Å²) in [6.45, 7) is 9.24. The maximum absolute atomic E-state index is 13.5. The number of hydrogen-bond donors (Lipinski definition) is 1. The van der Waals surface area contributed by atoms with Crippen molar-refractivity contribution in [3.8, 4) is 17.2 Å². The van der Waals surface area contributed by atoms with Gasteiger partial charge in [-0.2, -0.15) is 0 Å². The van der Waals surface area contributed by atoms with Crippen LogP contribution < -0.4 is 9.47 Å². The van der Waals surface area contributed by atoms with E-state index in [1.54, 1.807) is 11.0 Å². The lowest BCUT2D eigenvalue weighted by Crippen LogP contribution is -2.33. The molecule has 2 aliphatic rings.